The average molecular weight is 1210 g/mol. The van der Waals surface area contributed by atoms with Crippen LogP contribution in [0.2, 0.25) is 0 Å². The molecule has 6 aromatic rings. The van der Waals surface area contributed by atoms with Gasteiger partial charge in [0.05, 0.1) is 10.9 Å². The van der Waals surface area contributed by atoms with Crippen LogP contribution in [-0.4, -0.2) is 54.5 Å². The molecule has 0 saturated heterocycles. The van der Waals surface area contributed by atoms with E-state index in [1.54, 1.807) is 0 Å². The van der Waals surface area contributed by atoms with E-state index in [9.17, 15) is 14.4 Å². The van der Waals surface area contributed by atoms with E-state index in [0.29, 0.717) is 87.3 Å². The van der Waals surface area contributed by atoms with E-state index in [2.05, 4.69) is 57.2 Å². The molecule has 0 atom stereocenters. The fourth-order valence-electron chi connectivity index (χ4n) is 18.7. The van der Waals surface area contributed by atoms with Crippen LogP contribution in [0.25, 0.3) is 0 Å². The van der Waals surface area contributed by atoms with Gasteiger partial charge in [0.15, 0.2) is 34.5 Å². The van der Waals surface area contributed by atoms with Crippen LogP contribution in [0.3, 0.4) is 0 Å². The summed E-state index contributed by atoms with van der Waals surface area (Å²) >= 11 is 0. The minimum atomic E-state index is -0.557. The quantitative estimate of drug-likeness (QED) is 0.0386. The molecule has 12 aliphatic rings. The van der Waals surface area contributed by atoms with E-state index in [-0.39, 0.29) is 54.5 Å². The molecule has 12 bridgehead atoms. The monoisotopic (exact) mass is 1210 g/mol. The van der Waals surface area contributed by atoms with Gasteiger partial charge in [0.1, 0.15) is 68.5 Å². The molecule has 12 nitrogen and oxygen atoms in total. The standard InChI is InChI=1S/C75H81O12S/c1-73(52-31-46-28-47(33-52)34-53(73)32-46)85-70(76)43-79-58-4-10-61(11-5-58)82-64-16-22-67(23-17-64)88(68-24-18-65(19-25-68)83-62-12-6-59(7-13-62)80-44-71(77)86-74(2)54-35-48-29-49(37-54)38-55(74)36-48)69-26-20-66(21-27-69)84-63-14-8-60(9-15-63)81-45-72(78)87-75(3)56-39-50-30-51(41-56)42-57(75)40-50/h4-27,46-57H,28-45H2,1-3H3/q+1. The SMILES string of the molecule is CC1(OC(=O)COc2ccc(Oc3ccc([S+](c4ccc(Oc5ccc(OCC(=O)OC6(C)C7CC8CC(C7)CC6C8)cc5)cc4)c4ccc(Oc5ccc(OCC(=O)OC6(C)C7CC8CC(C7)CC6C8)cc5)cc4)cc3)cc2)C2CC3CC(C2)CC1C3. The Bertz CT molecular complexity index is 3040. The van der Waals surface area contributed by atoms with Gasteiger partial charge in [0, 0.05) is 0 Å². The number of esters is 3. The Morgan fingerprint density at radius 3 is 0.682 bits per heavy atom. The number of carbonyl (C=O) groups is 3. The molecule has 0 aromatic heterocycles. The summed E-state index contributed by atoms with van der Waals surface area (Å²) in [4.78, 5) is 42.7. The van der Waals surface area contributed by atoms with Crippen molar-refractivity contribution in [2.24, 2.45) is 71.0 Å². The van der Waals surface area contributed by atoms with Gasteiger partial charge in [0.2, 0.25) is 0 Å². The normalized spacial score (nSPS) is 32.6. The summed E-state index contributed by atoms with van der Waals surface area (Å²) in [6.45, 7) is 6.08. The van der Waals surface area contributed by atoms with Crippen LogP contribution in [0, 0.1) is 71.0 Å². The van der Waals surface area contributed by atoms with Gasteiger partial charge in [-0.1, -0.05) is 0 Å². The number of carbonyl (C=O) groups excluding carboxylic acids is 3. The predicted molar refractivity (Wildman–Crippen MR) is 332 cm³/mol. The van der Waals surface area contributed by atoms with Crippen molar-refractivity contribution in [3.8, 4) is 51.7 Å². The lowest BCUT2D eigenvalue weighted by Crippen LogP contribution is -2.58. The Kier molecular flexibility index (Phi) is 15.2. The van der Waals surface area contributed by atoms with Gasteiger partial charge in [-0.3, -0.25) is 0 Å². The summed E-state index contributed by atoms with van der Waals surface area (Å²) in [6, 6.07) is 46.5. The highest BCUT2D eigenvalue weighted by molar-refractivity contribution is 7.97. The number of hydrogen-bond acceptors (Lipinski definition) is 12. The van der Waals surface area contributed by atoms with Gasteiger partial charge in [-0.25, -0.2) is 14.4 Å². The first-order valence-electron chi connectivity index (χ1n) is 32.6. The molecule has 88 heavy (non-hydrogen) atoms. The Balaban J connectivity index is 0.583. The smallest absolute Gasteiger partial charge is 0.344 e. The highest BCUT2D eigenvalue weighted by Crippen LogP contribution is 2.62. The van der Waals surface area contributed by atoms with E-state index < -0.39 is 10.9 Å². The van der Waals surface area contributed by atoms with Crippen LogP contribution in [0.5, 0.6) is 51.7 Å². The topological polar surface area (TPSA) is 134 Å². The van der Waals surface area contributed by atoms with Crippen molar-refractivity contribution in [1.29, 1.82) is 0 Å². The highest BCUT2D eigenvalue weighted by Gasteiger charge is 2.59. The second kappa shape index (κ2) is 23.4. The zero-order valence-corrected chi connectivity index (χ0v) is 51.6. The third-order valence-electron chi connectivity index (χ3n) is 22.7. The Morgan fingerprint density at radius 1 is 0.295 bits per heavy atom. The molecule has 12 saturated carbocycles. The van der Waals surface area contributed by atoms with Crippen molar-refractivity contribution >= 4 is 28.8 Å². The Morgan fingerprint density at radius 2 is 0.477 bits per heavy atom. The molecular weight excluding hydrogens is 1120 g/mol. The number of ether oxygens (including phenoxy) is 9. The van der Waals surface area contributed by atoms with Gasteiger partial charge < -0.3 is 42.6 Å². The van der Waals surface area contributed by atoms with Crippen molar-refractivity contribution in [3.05, 3.63) is 146 Å². The molecule has 0 N–H and O–H groups in total. The fourth-order valence-corrected chi connectivity index (χ4v) is 20.7. The molecule has 6 aromatic carbocycles. The van der Waals surface area contributed by atoms with Crippen molar-refractivity contribution in [2.75, 3.05) is 19.8 Å². The molecule has 0 spiro atoms. The molecular formula is C75H81O12S+. The van der Waals surface area contributed by atoms with Gasteiger partial charge in [-0.2, -0.15) is 0 Å². The minimum absolute atomic E-state index is 0.130. The van der Waals surface area contributed by atoms with Crippen molar-refractivity contribution in [3.63, 3.8) is 0 Å². The van der Waals surface area contributed by atoms with E-state index in [4.69, 9.17) is 42.6 Å². The predicted octanol–water partition coefficient (Wildman–Crippen LogP) is 16.6. The van der Waals surface area contributed by atoms with E-state index in [1.165, 1.54) is 96.3 Å². The number of hydrogen-bond donors (Lipinski definition) is 0. The molecule has 0 unspecified atom stereocenters. The maximum atomic E-state index is 13.2. The summed E-state index contributed by atoms with van der Waals surface area (Å²) in [5.41, 5.74) is -1.17. The van der Waals surface area contributed by atoms with Gasteiger partial charge in [-0.15, -0.1) is 0 Å². The molecule has 0 heterocycles. The van der Waals surface area contributed by atoms with E-state index >= 15 is 0 Å². The largest absolute Gasteiger partial charge is 0.482 e. The highest BCUT2D eigenvalue weighted by atomic mass is 32.2. The molecule has 12 aliphatic carbocycles. The summed E-state index contributed by atoms with van der Waals surface area (Å²) in [5.74, 6) is 12.3. The van der Waals surface area contributed by atoms with Gasteiger partial charge in [0.25, 0.3) is 0 Å². The summed E-state index contributed by atoms with van der Waals surface area (Å²) < 4.78 is 55.5. The van der Waals surface area contributed by atoms with Gasteiger partial charge >= 0.3 is 17.9 Å². The van der Waals surface area contributed by atoms with Crippen LogP contribution in [-0.2, 0) is 39.5 Å². The number of benzene rings is 6. The lowest BCUT2D eigenvalue weighted by atomic mass is 9.50. The summed E-state index contributed by atoms with van der Waals surface area (Å²) in [6.07, 6.45) is 18.2. The molecule has 458 valence electrons. The Hall–Kier alpha value is -7.12. The zero-order valence-electron chi connectivity index (χ0n) is 50.8. The lowest BCUT2D eigenvalue weighted by Gasteiger charge is -2.59. The van der Waals surface area contributed by atoms with Crippen LogP contribution in [0.15, 0.2) is 160 Å². The molecule has 12 fully saturated rings. The zero-order chi connectivity index (χ0) is 59.7. The van der Waals surface area contributed by atoms with Gasteiger partial charge in [-0.05, 0) is 334 Å². The molecule has 0 amide bonds. The first kappa shape index (κ1) is 57.3. The first-order valence-corrected chi connectivity index (χ1v) is 33.8. The summed E-state index contributed by atoms with van der Waals surface area (Å²) in [7, 11) is -0.557. The Labute approximate surface area is 519 Å². The molecule has 13 heteroatoms. The van der Waals surface area contributed by atoms with E-state index in [1.807, 2.05) is 109 Å². The first-order chi connectivity index (χ1) is 42.7. The van der Waals surface area contributed by atoms with E-state index in [0.717, 1.165) is 50.2 Å². The van der Waals surface area contributed by atoms with Crippen molar-refractivity contribution < 1.29 is 57.0 Å². The van der Waals surface area contributed by atoms with Crippen LogP contribution in [0.4, 0.5) is 0 Å². The average Bonchev–Trinajstić information content (AvgIpc) is 1.04. The third-order valence-corrected chi connectivity index (χ3v) is 24.9. The number of rotatable bonds is 21. The fraction of sp³-hybridized carbons (Fsp3) is 0.480. The summed E-state index contributed by atoms with van der Waals surface area (Å²) in [5, 5.41) is 0. The van der Waals surface area contributed by atoms with Crippen molar-refractivity contribution in [1.82, 2.24) is 0 Å². The van der Waals surface area contributed by atoms with Crippen molar-refractivity contribution in [2.45, 2.75) is 149 Å². The molecule has 0 radical (unpaired) electrons. The second-order valence-corrected chi connectivity index (χ2v) is 30.2. The lowest BCUT2D eigenvalue weighted by molar-refractivity contribution is -0.205. The van der Waals surface area contributed by atoms with Crippen LogP contribution >= 0.6 is 0 Å². The second-order valence-electron chi connectivity index (χ2n) is 28.2. The van der Waals surface area contributed by atoms with Crippen LogP contribution in [0.1, 0.15) is 117 Å². The minimum Gasteiger partial charge on any atom is -0.482 e. The molecule has 0 aliphatic heterocycles. The van der Waals surface area contributed by atoms with Crippen LogP contribution < -0.4 is 28.4 Å². The molecule has 18 rings (SSSR count). The maximum absolute atomic E-state index is 13.2. The third kappa shape index (κ3) is 11.6. The maximum Gasteiger partial charge on any atom is 0.344 e.